The van der Waals surface area contributed by atoms with Crippen molar-refractivity contribution in [2.45, 2.75) is 6.61 Å². The summed E-state index contributed by atoms with van der Waals surface area (Å²) >= 11 is 3.32. The molecule has 2 aromatic carbocycles. The van der Waals surface area contributed by atoms with Crippen LogP contribution >= 0.6 is 15.9 Å². The first kappa shape index (κ1) is 17.9. The maximum atomic E-state index is 12.6. The topological polar surface area (TPSA) is 47.6 Å². The van der Waals surface area contributed by atoms with Crippen molar-refractivity contribution in [1.82, 2.24) is 0 Å². The first-order valence-corrected chi connectivity index (χ1v) is 7.66. The molecule has 1 amide bonds. The molecule has 0 atom stereocenters. The van der Waals surface area contributed by atoms with Gasteiger partial charge in [-0.3, -0.25) is 4.79 Å². The fraction of sp³-hybridized carbons (Fsp3) is 0.118. The second-order valence-electron chi connectivity index (χ2n) is 4.56. The molecule has 0 radical (unpaired) electrons. The zero-order chi connectivity index (χ0) is 17.5. The zero-order valence-corrected chi connectivity index (χ0v) is 14.2. The summed E-state index contributed by atoms with van der Waals surface area (Å²) < 4.78 is 35.3. The lowest BCUT2D eigenvalue weighted by atomic mass is 10.1. The Morgan fingerprint density at radius 3 is 2.62 bits per heavy atom. The molecule has 0 unspecified atom stereocenters. The van der Waals surface area contributed by atoms with Crippen LogP contribution in [-0.4, -0.2) is 19.6 Å². The van der Waals surface area contributed by atoms with Crippen LogP contribution in [0.3, 0.4) is 0 Å². The number of carbonyl (C=O) groups is 1. The molecule has 0 aliphatic heterocycles. The number of hydrogen-bond acceptors (Lipinski definition) is 3. The van der Waals surface area contributed by atoms with Crippen LogP contribution in [0.4, 0.5) is 14.5 Å². The van der Waals surface area contributed by atoms with Crippen LogP contribution in [0.1, 0.15) is 5.56 Å². The quantitative estimate of drug-likeness (QED) is 0.717. The van der Waals surface area contributed by atoms with Crippen molar-refractivity contribution >= 4 is 33.6 Å². The number of nitrogens with one attached hydrogen (secondary N) is 1. The van der Waals surface area contributed by atoms with Crippen LogP contribution in [0.2, 0.25) is 0 Å². The van der Waals surface area contributed by atoms with Gasteiger partial charge in [-0.1, -0.05) is 24.3 Å². The summed E-state index contributed by atoms with van der Waals surface area (Å²) in [6, 6.07) is 11.8. The van der Waals surface area contributed by atoms with E-state index in [2.05, 4.69) is 26.0 Å². The van der Waals surface area contributed by atoms with Gasteiger partial charge in [0.25, 0.3) is 0 Å². The first-order chi connectivity index (χ1) is 11.5. The molecule has 0 saturated heterocycles. The highest BCUT2D eigenvalue weighted by Gasteiger charge is 2.14. The second-order valence-corrected chi connectivity index (χ2v) is 5.41. The minimum atomic E-state index is -3.00. The number of carbonyl (C=O) groups excluding carboxylic acids is 1. The lowest BCUT2D eigenvalue weighted by Gasteiger charge is -2.12. The molecule has 1 N–H and O–H groups in total. The third kappa shape index (κ3) is 4.79. The maximum absolute atomic E-state index is 12.6. The highest BCUT2D eigenvalue weighted by atomic mass is 79.9. The fourth-order valence-electron chi connectivity index (χ4n) is 1.94. The summed E-state index contributed by atoms with van der Waals surface area (Å²) in [5.74, 6) is -0.378. The molecule has 7 heteroatoms. The van der Waals surface area contributed by atoms with Crippen LogP contribution in [0.25, 0.3) is 6.08 Å². The van der Waals surface area contributed by atoms with Gasteiger partial charge in [-0.2, -0.15) is 8.78 Å². The molecule has 2 rings (SSSR count). The van der Waals surface area contributed by atoms with E-state index in [1.54, 1.807) is 30.3 Å². The van der Waals surface area contributed by atoms with Crippen molar-refractivity contribution in [2.24, 2.45) is 0 Å². The predicted octanol–water partition coefficient (Wildman–Crippen LogP) is 4.71. The van der Waals surface area contributed by atoms with Crippen LogP contribution in [0.15, 0.2) is 53.0 Å². The summed E-state index contributed by atoms with van der Waals surface area (Å²) in [7, 11) is 1.35. The first-order valence-electron chi connectivity index (χ1n) is 6.86. The fourth-order valence-corrected chi connectivity index (χ4v) is 2.33. The normalized spacial score (nSPS) is 10.9. The number of methoxy groups -OCH3 is 1. The Labute approximate surface area is 146 Å². The third-order valence-electron chi connectivity index (χ3n) is 2.98. The van der Waals surface area contributed by atoms with Crippen molar-refractivity contribution in [2.75, 3.05) is 12.4 Å². The molecule has 0 fully saturated rings. The molecule has 0 aliphatic carbocycles. The number of hydrogen-bond donors (Lipinski definition) is 1. The molecular formula is C17H14BrF2NO3. The molecule has 0 spiro atoms. The van der Waals surface area contributed by atoms with Crippen molar-refractivity contribution < 1.29 is 23.0 Å². The van der Waals surface area contributed by atoms with E-state index in [9.17, 15) is 13.6 Å². The van der Waals surface area contributed by atoms with E-state index in [-0.39, 0.29) is 11.5 Å². The van der Waals surface area contributed by atoms with Crippen LogP contribution in [0, 0.1) is 0 Å². The number of rotatable bonds is 6. The maximum Gasteiger partial charge on any atom is 0.387 e. The Morgan fingerprint density at radius 1 is 1.21 bits per heavy atom. The summed E-state index contributed by atoms with van der Waals surface area (Å²) in [4.78, 5) is 12.0. The number of alkyl halides is 2. The van der Waals surface area contributed by atoms with Gasteiger partial charge in [0.1, 0.15) is 0 Å². The lowest BCUT2D eigenvalue weighted by molar-refractivity contribution is -0.111. The van der Waals surface area contributed by atoms with Crippen LogP contribution < -0.4 is 14.8 Å². The average molecular weight is 398 g/mol. The van der Waals surface area contributed by atoms with Gasteiger partial charge in [-0.05, 0) is 40.2 Å². The van der Waals surface area contributed by atoms with E-state index < -0.39 is 12.5 Å². The average Bonchev–Trinajstić information content (AvgIpc) is 2.55. The molecule has 126 valence electrons. The number of para-hydroxylation sites is 2. The molecular weight excluding hydrogens is 384 g/mol. The number of ether oxygens (including phenoxy) is 2. The number of benzene rings is 2. The Hall–Kier alpha value is -2.41. The molecule has 0 aromatic heterocycles. The zero-order valence-electron chi connectivity index (χ0n) is 12.6. The van der Waals surface area contributed by atoms with Gasteiger partial charge in [0.05, 0.1) is 12.8 Å². The molecule has 0 bridgehead atoms. The van der Waals surface area contributed by atoms with E-state index in [1.165, 1.54) is 25.3 Å². The summed E-state index contributed by atoms with van der Waals surface area (Å²) in [5.41, 5.74) is 0.902. The van der Waals surface area contributed by atoms with E-state index in [0.29, 0.717) is 11.3 Å². The van der Waals surface area contributed by atoms with Crippen LogP contribution in [0.5, 0.6) is 11.5 Å². The van der Waals surface area contributed by atoms with Gasteiger partial charge in [0, 0.05) is 16.1 Å². The highest BCUT2D eigenvalue weighted by molar-refractivity contribution is 9.10. The number of anilines is 1. The molecule has 4 nitrogen and oxygen atoms in total. The van der Waals surface area contributed by atoms with Crippen molar-refractivity contribution in [1.29, 1.82) is 0 Å². The predicted molar refractivity (Wildman–Crippen MR) is 91.4 cm³/mol. The van der Waals surface area contributed by atoms with Gasteiger partial charge in [0.2, 0.25) is 5.91 Å². The highest BCUT2D eigenvalue weighted by Crippen LogP contribution is 2.33. The van der Waals surface area contributed by atoms with Gasteiger partial charge >= 0.3 is 6.61 Å². The summed E-state index contributed by atoms with van der Waals surface area (Å²) in [5, 5.41) is 2.68. The van der Waals surface area contributed by atoms with Gasteiger partial charge in [0.15, 0.2) is 11.5 Å². The Balaban J connectivity index is 2.19. The molecule has 0 aliphatic rings. The van der Waals surface area contributed by atoms with E-state index in [0.717, 1.165) is 4.47 Å². The minimum absolute atomic E-state index is 0.125. The van der Waals surface area contributed by atoms with Gasteiger partial charge in [-0.25, -0.2) is 0 Å². The molecule has 24 heavy (non-hydrogen) atoms. The largest absolute Gasteiger partial charge is 0.493 e. The standard InChI is InChI=1S/C17H14BrF2NO3/c1-23-14-8-4-5-11(16(14)24-17(19)20)9-10-15(22)21-13-7-3-2-6-12(13)18/h2-10,17H,1H3,(H,21,22)/b10-9+. The smallest absolute Gasteiger partial charge is 0.387 e. The van der Waals surface area contributed by atoms with E-state index in [4.69, 9.17) is 4.74 Å². The van der Waals surface area contributed by atoms with Crippen molar-refractivity contribution in [3.63, 3.8) is 0 Å². The lowest BCUT2D eigenvalue weighted by Crippen LogP contribution is -2.08. The Bertz CT molecular complexity index is 750. The monoisotopic (exact) mass is 397 g/mol. The van der Waals surface area contributed by atoms with E-state index in [1.807, 2.05) is 6.07 Å². The minimum Gasteiger partial charge on any atom is -0.493 e. The van der Waals surface area contributed by atoms with Crippen molar-refractivity contribution in [3.8, 4) is 11.5 Å². The SMILES string of the molecule is COc1cccc(/C=C/C(=O)Nc2ccccc2Br)c1OC(F)F. The van der Waals surface area contributed by atoms with Crippen LogP contribution in [-0.2, 0) is 4.79 Å². The Kier molecular flexibility index (Phi) is 6.31. The van der Waals surface area contributed by atoms with Crippen molar-refractivity contribution in [3.05, 3.63) is 58.6 Å². The number of halogens is 3. The second kappa shape index (κ2) is 8.44. The number of amides is 1. The van der Waals surface area contributed by atoms with E-state index >= 15 is 0 Å². The van der Waals surface area contributed by atoms with Gasteiger partial charge < -0.3 is 14.8 Å². The summed E-state index contributed by atoms with van der Waals surface area (Å²) in [6.07, 6.45) is 2.61. The molecule has 0 saturated carbocycles. The summed E-state index contributed by atoms with van der Waals surface area (Å²) in [6.45, 7) is -3.00. The third-order valence-corrected chi connectivity index (χ3v) is 3.67. The molecule has 0 heterocycles. The Morgan fingerprint density at radius 2 is 1.96 bits per heavy atom. The molecule has 2 aromatic rings. The van der Waals surface area contributed by atoms with Gasteiger partial charge in [-0.15, -0.1) is 0 Å².